The van der Waals surface area contributed by atoms with E-state index in [1.165, 1.54) is 7.11 Å². The minimum Gasteiger partial charge on any atom is -0.493 e. The number of allylic oxidation sites excluding steroid dienone is 3. The highest BCUT2D eigenvalue weighted by Crippen LogP contribution is 2.47. The smallest absolute Gasteiger partial charge is 0.336 e. The lowest BCUT2D eigenvalue weighted by Gasteiger charge is -2.38. The van der Waals surface area contributed by atoms with Crippen molar-refractivity contribution in [2.45, 2.75) is 39.7 Å². The normalized spacial score (nSPS) is 20.2. The zero-order valence-electron chi connectivity index (χ0n) is 24.2. The van der Waals surface area contributed by atoms with Crippen LogP contribution in [-0.4, -0.2) is 50.1 Å². The van der Waals surface area contributed by atoms with E-state index in [1.54, 1.807) is 31.0 Å². The minimum atomic E-state index is -0.963. The molecule has 0 aromatic heterocycles. The second-order valence-corrected chi connectivity index (χ2v) is 11.4. The van der Waals surface area contributed by atoms with Crippen molar-refractivity contribution in [3.8, 4) is 11.5 Å². The number of carbonyl (C=O) groups is 3. The first-order chi connectivity index (χ1) is 19.8. The lowest BCUT2D eigenvalue weighted by molar-refractivity contribution is -0.151. The Morgan fingerprint density at radius 3 is 2.51 bits per heavy atom. The van der Waals surface area contributed by atoms with E-state index in [0.29, 0.717) is 58.4 Å². The SMILES string of the molecule is CCSCCOC(=O)C1=C(C)NC2=C(C(=O)[C@@H](C(=O)OC)[C@H](C)C2)[C@H]1c1ccc(OCc2ccccc2)c(OC)c1. The molecule has 1 N–H and O–H groups in total. The number of methoxy groups -OCH3 is 2. The number of nitrogens with one attached hydrogen (secondary N) is 1. The maximum Gasteiger partial charge on any atom is 0.336 e. The van der Waals surface area contributed by atoms with Crippen LogP contribution in [-0.2, 0) is 30.5 Å². The Bertz CT molecular complexity index is 1350. The van der Waals surface area contributed by atoms with Crippen LogP contribution in [0, 0.1) is 11.8 Å². The van der Waals surface area contributed by atoms with E-state index in [-0.39, 0.29) is 18.3 Å². The molecule has 0 bridgehead atoms. The molecular formula is C32H37NO7S. The van der Waals surface area contributed by atoms with E-state index >= 15 is 0 Å². The van der Waals surface area contributed by atoms with Crippen LogP contribution in [0.25, 0.3) is 0 Å². The van der Waals surface area contributed by atoms with Gasteiger partial charge in [0.15, 0.2) is 17.3 Å². The lowest BCUT2D eigenvalue weighted by atomic mass is 9.69. The van der Waals surface area contributed by atoms with Crippen molar-refractivity contribution >= 4 is 29.5 Å². The van der Waals surface area contributed by atoms with E-state index in [4.69, 9.17) is 18.9 Å². The highest BCUT2D eigenvalue weighted by atomic mass is 32.2. The van der Waals surface area contributed by atoms with Gasteiger partial charge in [0.05, 0.1) is 19.8 Å². The lowest BCUT2D eigenvalue weighted by Crippen LogP contribution is -2.43. The summed E-state index contributed by atoms with van der Waals surface area (Å²) in [6.07, 6.45) is 0.458. The van der Waals surface area contributed by atoms with Gasteiger partial charge in [-0.25, -0.2) is 4.79 Å². The van der Waals surface area contributed by atoms with Gasteiger partial charge in [0.25, 0.3) is 0 Å². The molecular weight excluding hydrogens is 542 g/mol. The molecule has 3 atom stereocenters. The minimum absolute atomic E-state index is 0.248. The summed E-state index contributed by atoms with van der Waals surface area (Å²) in [7, 11) is 2.83. The van der Waals surface area contributed by atoms with E-state index in [1.807, 2.05) is 57.2 Å². The average Bonchev–Trinajstić information content (AvgIpc) is 2.97. The molecule has 0 amide bonds. The van der Waals surface area contributed by atoms with Gasteiger partial charge in [-0.3, -0.25) is 9.59 Å². The van der Waals surface area contributed by atoms with Crippen molar-refractivity contribution in [2.24, 2.45) is 11.8 Å². The maximum atomic E-state index is 14.0. The summed E-state index contributed by atoms with van der Waals surface area (Å²) in [6.45, 7) is 6.31. The van der Waals surface area contributed by atoms with Crippen molar-refractivity contribution in [2.75, 3.05) is 32.3 Å². The summed E-state index contributed by atoms with van der Waals surface area (Å²) in [5.74, 6) is -0.858. The molecule has 0 unspecified atom stereocenters. The van der Waals surface area contributed by atoms with Gasteiger partial charge in [0, 0.05) is 28.6 Å². The van der Waals surface area contributed by atoms with Crippen molar-refractivity contribution in [3.63, 3.8) is 0 Å². The number of benzene rings is 2. The maximum absolute atomic E-state index is 14.0. The van der Waals surface area contributed by atoms with Crippen molar-refractivity contribution in [1.29, 1.82) is 0 Å². The number of esters is 2. The molecule has 4 rings (SSSR count). The molecule has 9 heteroatoms. The average molecular weight is 580 g/mol. The Labute approximate surface area is 245 Å². The third-order valence-corrected chi connectivity index (χ3v) is 8.25. The molecule has 2 aromatic carbocycles. The van der Waals surface area contributed by atoms with E-state index in [2.05, 4.69) is 5.32 Å². The summed E-state index contributed by atoms with van der Waals surface area (Å²) in [4.78, 5) is 40.2. The highest BCUT2D eigenvalue weighted by molar-refractivity contribution is 7.99. The van der Waals surface area contributed by atoms with Gasteiger partial charge in [-0.15, -0.1) is 0 Å². The molecule has 0 spiro atoms. The predicted molar refractivity (Wildman–Crippen MR) is 158 cm³/mol. The zero-order chi connectivity index (χ0) is 29.5. The van der Waals surface area contributed by atoms with E-state index in [9.17, 15) is 14.4 Å². The van der Waals surface area contributed by atoms with Gasteiger partial charge >= 0.3 is 11.9 Å². The fourth-order valence-corrected chi connectivity index (χ4v) is 5.91. The van der Waals surface area contributed by atoms with Crippen LogP contribution in [0.4, 0.5) is 0 Å². The third-order valence-electron chi connectivity index (χ3n) is 7.39. The first kappa shape index (κ1) is 30.2. The van der Waals surface area contributed by atoms with Gasteiger partial charge in [0.1, 0.15) is 19.1 Å². The number of hydrogen-bond donors (Lipinski definition) is 1. The molecule has 41 heavy (non-hydrogen) atoms. The molecule has 1 heterocycles. The molecule has 0 radical (unpaired) electrons. The standard InChI is InChI=1S/C32H37NO7S/c1-6-41-15-14-39-32(36)27-20(3)33-23-16-19(2)26(31(35)38-5)30(34)29(23)28(27)22-12-13-24(25(17-22)37-4)40-18-21-10-8-7-9-11-21/h7-13,17,19,26,28,33H,6,14-16,18H2,1-5H3/t19-,26+,28+/m1/s1. The predicted octanol–water partition coefficient (Wildman–Crippen LogP) is 5.18. The largest absolute Gasteiger partial charge is 0.493 e. The topological polar surface area (TPSA) is 100 Å². The van der Waals surface area contributed by atoms with Crippen LogP contribution in [0.3, 0.4) is 0 Å². The summed E-state index contributed by atoms with van der Waals surface area (Å²) >= 11 is 1.67. The van der Waals surface area contributed by atoms with Gasteiger partial charge in [0.2, 0.25) is 0 Å². The Morgan fingerprint density at radius 1 is 1.07 bits per heavy atom. The molecule has 1 aliphatic heterocycles. The van der Waals surface area contributed by atoms with Gasteiger partial charge in [-0.2, -0.15) is 11.8 Å². The number of ether oxygens (including phenoxy) is 4. The molecule has 0 fully saturated rings. The summed E-state index contributed by atoms with van der Waals surface area (Å²) in [6, 6.07) is 15.2. The first-order valence-corrected chi connectivity index (χ1v) is 14.9. The van der Waals surface area contributed by atoms with Gasteiger partial charge in [-0.05, 0) is 48.3 Å². The first-order valence-electron chi connectivity index (χ1n) is 13.7. The second-order valence-electron chi connectivity index (χ2n) is 10.1. The summed E-state index contributed by atoms with van der Waals surface area (Å²) in [5, 5.41) is 3.29. The Balaban J connectivity index is 1.75. The molecule has 8 nitrogen and oxygen atoms in total. The van der Waals surface area contributed by atoms with Gasteiger partial charge in [-0.1, -0.05) is 50.2 Å². The molecule has 1 aliphatic carbocycles. The summed E-state index contributed by atoms with van der Waals surface area (Å²) in [5.41, 5.74) is 3.68. The Morgan fingerprint density at radius 2 is 1.83 bits per heavy atom. The van der Waals surface area contributed by atoms with Crippen LogP contribution >= 0.6 is 11.8 Å². The van der Waals surface area contributed by atoms with Crippen LogP contribution in [0.5, 0.6) is 11.5 Å². The van der Waals surface area contributed by atoms with E-state index in [0.717, 1.165) is 11.3 Å². The van der Waals surface area contributed by atoms with E-state index < -0.39 is 23.8 Å². The Kier molecular flexibility index (Phi) is 10.2. The summed E-state index contributed by atoms with van der Waals surface area (Å²) < 4.78 is 22.4. The van der Waals surface area contributed by atoms with Crippen LogP contribution in [0.2, 0.25) is 0 Å². The molecule has 218 valence electrons. The molecule has 2 aliphatic rings. The highest BCUT2D eigenvalue weighted by Gasteiger charge is 2.47. The zero-order valence-corrected chi connectivity index (χ0v) is 25.0. The van der Waals surface area contributed by atoms with Crippen LogP contribution in [0.1, 0.15) is 44.2 Å². The number of Topliss-reactive ketones (excluding diaryl/α,β-unsaturated/α-hetero) is 1. The van der Waals surface area contributed by atoms with Crippen molar-refractivity contribution < 1.29 is 33.3 Å². The fraction of sp³-hybridized carbons (Fsp3) is 0.406. The van der Waals surface area contributed by atoms with Gasteiger partial charge < -0.3 is 24.3 Å². The van der Waals surface area contributed by atoms with Crippen molar-refractivity contribution in [1.82, 2.24) is 5.32 Å². The Hall–Kier alpha value is -3.72. The number of hydrogen-bond acceptors (Lipinski definition) is 9. The monoisotopic (exact) mass is 579 g/mol. The van der Waals surface area contributed by atoms with Crippen LogP contribution < -0.4 is 14.8 Å². The number of dihydropyridines is 1. The van der Waals surface area contributed by atoms with Crippen molar-refractivity contribution in [3.05, 3.63) is 82.2 Å². The number of thioether (sulfide) groups is 1. The second kappa shape index (κ2) is 13.8. The third kappa shape index (κ3) is 6.62. The molecule has 2 aromatic rings. The van der Waals surface area contributed by atoms with Crippen LogP contribution in [0.15, 0.2) is 71.1 Å². The quantitative estimate of drug-likeness (QED) is 0.219. The number of carbonyl (C=O) groups excluding carboxylic acids is 3. The number of ketones is 1. The number of rotatable bonds is 11. The molecule has 0 saturated carbocycles. The molecule has 0 saturated heterocycles. The fourth-order valence-electron chi connectivity index (χ4n) is 5.42.